The van der Waals surface area contributed by atoms with E-state index in [9.17, 15) is 9.59 Å². The van der Waals surface area contributed by atoms with Gasteiger partial charge in [0.05, 0.1) is 11.3 Å². The summed E-state index contributed by atoms with van der Waals surface area (Å²) >= 11 is 0. The number of carbonyl (C=O) groups excluding carboxylic acids is 2. The number of likely N-dealkylation sites (tertiary alicyclic amines) is 1. The van der Waals surface area contributed by atoms with E-state index in [1.807, 2.05) is 47.1 Å². The molecule has 5 heteroatoms. The third-order valence-electron chi connectivity index (χ3n) is 5.55. The molecule has 2 aliphatic rings. The van der Waals surface area contributed by atoms with Gasteiger partial charge in [-0.1, -0.05) is 36.4 Å². The Balaban J connectivity index is 1.54. The van der Waals surface area contributed by atoms with Gasteiger partial charge in [-0.2, -0.15) is 0 Å². The lowest BCUT2D eigenvalue weighted by Crippen LogP contribution is -2.39. The zero-order valence-corrected chi connectivity index (χ0v) is 15.7. The van der Waals surface area contributed by atoms with Crippen LogP contribution in [0.3, 0.4) is 0 Å². The summed E-state index contributed by atoms with van der Waals surface area (Å²) < 4.78 is 0. The number of nitrogens with one attached hydrogen (secondary N) is 1. The van der Waals surface area contributed by atoms with Gasteiger partial charge >= 0.3 is 6.03 Å². The molecule has 0 unspecified atom stereocenters. The summed E-state index contributed by atoms with van der Waals surface area (Å²) in [5.74, 6) is 0.00971. The molecule has 0 radical (unpaired) electrons. The Kier molecular flexibility index (Phi) is 4.84. The Labute approximate surface area is 160 Å². The third kappa shape index (κ3) is 3.54. The Morgan fingerprint density at radius 1 is 0.889 bits per heavy atom. The number of benzene rings is 2. The van der Waals surface area contributed by atoms with Crippen molar-refractivity contribution in [2.75, 3.05) is 25.0 Å². The van der Waals surface area contributed by atoms with Gasteiger partial charge in [0.25, 0.3) is 5.91 Å². The average molecular weight is 363 g/mol. The second kappa shape index (κ2) is 7.43. The maximum absolute atomic E-state index is 12.9. The fourth-order valence-corrected chi connectivity index (χ4v) is 3.96. The van der Waals surface area contributed by atoms with Crippen LogP contribution in [0, 0.1) is 6.92 Å². The van der Waals surface area contributed by atoms with E-state index < -0.39 is 0 Å². The molecule has 0 atom stereocenters. The molecule has 5 nitrogen and oxygen atoms in total. The zero-order valence-electron chi connectivity index (χ0n) is 15.7. The van der Waals surface area contributed by atoms with Crippen molar-refractivity contribution in [2.45, 2.75) is 32.7 Å². The number of anilines is 1. The SMILES string of the molecule is Cc1cccc(C(=O)N2CCCC2)c1NC(=O)N1CCc2ccccc2C1. The van der Waals surface area contributed by atoms with Gasteiger partial charge in [0.2, 0.25) is 0 Å². The number of para-hydroxylation sites is 1. The van der Waals surface area contributed by atoms with Crippen LogP contribution >= 0.6 is 0 Å². The van der Waals surface area contributed by atoms with Crippen molar-refractivity contribution in [2.24, 2.45) is 0 Å². The highest BCUT2D eigenvalue weighted by atomic mass is 16.2. The molecule has 4 rings (SSSR count). The van der Waals surface area contributed by atoms with Gasteiger partial charge in [0, 0.05) is 26.2 Å². The summed E-state index contributed by atoms with van der Waals surface area (Å²) in [6.45, 7) is 4.81. The molecule has 2 aromatic rings. The second-order valence-electron chi connectivity index (χ2n) is 7.37. The van der Waals surface area contributed by atoms with Crippen LogP contribution in [0.5, 0.6) is 0 Å². The molecule has 27 heavy (non-hydrogen) atoms. The number of carbonyl (C=O) groups is 2. The Morgan fingerprint density at radius 3 is 2.41 bits per heavy atom. The summed E-state index contributed by atoms with van der Waals surface area (Å²) in [4.78, 5) is 29.5. The van der Waals surface area contributed by atoms with Crippen LogP contribution in [0.2, 0.25) is 0 Å². The highest BCUT2D eigenvalue weighted by molar-refractivity contribution is 6.04. The molecule has 0 spiro atoms. The molecule has 1 fully saturated rings. The van der Waals surface area contributed by atoms with Gasteiger partial charge < -0.3 is 15.1 Å². The van der Waals surface area contributed by atoms with Crippen molar-refractivity contribution in [3.05, 3.63) is 64.7 Å². The Hall–Kier alpha value is -2.82. The molecule has 2 heterocycles. The Bertz CT molecular complexity index is 872. The Morgan fingerprint density at radius 2 is 1.63 bits per heavy atom. The summed E-state index contributed by atoms with van der Waals surface area (Å²) in [5, 5.41) is 3.02. The monoisotopic (exact) mass is 363 g/mol. The van der Waals surface area contributed by atoms with E-state index in [0.29, 0.717) is 24.3 Å². The largest absolute Gasteiger partial charge is 0.339 e. The molecule has 0 aromatic heterocycles. The van der Waals surface area contributed by atoms with Crippen LogP contribution in [-0.2, 0) is 13.0 Å². The maximum atomic E-state index is 12.9. The molecule has 3 amide bonds. The predicted octanol–water partition coefficient (Wildman–Crippen LogP) is 3.82. The molecule has 1 saturated heterocycles. The van der Waals surface area contributed by atoms with Crippen LogP contribution in [0.1, 0.15) is 39.9 Å². The summed E-state index contributed by atoms with van der Waals surface area (Å²) in [5.41, 5.74) is 4.63. The number of aryl methyl sites for hydroxylation is 1. The number of fused-ring (bicyclic) bond motifs is 1. The van der Waals surface area contributed by atoms with Gasteiger partial charge in [0.1, 0.15) is 0 Å². The first kappa shape index (κ1) is 17.6. The second-order valence-corrected chi connectivity index (χ2v) is 7.37. The van der Waals surface area contributed by atoms with E-state index >= 15 is 0 Å². The highest BCUT2D eigenvalue weighted by Crippen LogP contribution is 2.25. The summed E-state index contributed by atoms with van der Waals surface area (Å²) in [6, 6.07) is 13.7. The van der Waals surface area contributed by atoms with Crippen molar-refractivity contribution in [1.82, 2.24) is 9.80 Å². The smallest absolute Gasteiger partial charge is 0.322 e. The van der Waals surface area contributed by atoms with Crippen LogP contribution in [0.15, 0.2) is 42.5 Å². The van der Waals surface area contributed by atoms with Crippen LogP contribution in [-0.4, -0.2) is 41.4 Å². The van der Waals surface area contributed by atoms with E-state index in [2.05, 4.69) is 17.4 Å². The van der Waals surface area contributed by atoms with E-state index in [-0.39, 0.29) is 11.9 Å². The van der Waals surface area contributed by atoms with Crippen molar-refractivity contribution in [3.63, 3.8) is 0 Å². The van der Waals surface area contributed by atoms with Crippen molar-refractivity contribution < 1.29 is 9.59 Å². The lowest BCUT2D eigenvalue weighted by Gasteiger charge is -2.29. The first-order chi connectivity index (χ1) is 13.1. The average Bonchev–Trinajstić information content (AvgIpc) is 3.23. The van der Waals surface area contributed by atoms with E-state index in [1.165, 1.54) is 11.1 Å². The molecule has 140 valence electrons. The minimum Gasteiger partial charge on any atom is -0.339 e. The number of amides is 3. The number of hydrogen-bond donors (Lipinski definition) is 1. The van der Waals surface area contributed by atoms with Crippen LogP contribution < -0.4 is 5.32 Å². The maximum Gasteiger partial charge on any atom is 0.322 e. The van der Waals surface area contributed by atoms with Gasteiger partial charge in [0.15, 0.2) is 0 Å². The van der Waals surface area contributed by atoms with Crippen LogP contribution in [0.25, 0.3) is 0 Å². The van der Waals surface area contributed by atoms with Gasteiger partial charge in [-0.25, -0.2) is 4.79 Å². The molecular weight excluding hydrogens is 338 g/mol. The lowest BCUT2D eigenvalue weighted by atomic mass is 10.0. The molecule has 0 aliphatic carbocycles. The molecular formula is C22H25N3O2. The summed E-state index contributed by atoms with van der Waals surface area (Å²) in [6.07, 6.45) is 2.95. The molecule has 0 saturated carbocycles. The van der Waals surface area contributed by atoms with E-state index in [4.69, 9.17) is 0 Å². The lowest BCUT2D eigenvalue weighted by molar-refractivity contribution is 0.0793. The first-order valence-electron chi connectivity index (χ1n) is 9.65. The van der Waals surface area contributed by atoms with Crippen molar-refractivity contribution in [3.8, 4) is 0 Å². The zero-order chi connectivity index (χ0) is 18.8. The molecule has 2 aliphatic heterocycles. The van der Waals surface area contributed by atoms with Crippen LogP contribution in [0.4, 0.5) is 10.5 Å². The van der Waals surface area contributed by atoms with Gasteiger partial charge in [-0.3, -0.25) is 4.79 Å². The molecule has 0 bridgehead atoms. The highest BCUT2D eigenvalue weighted by Gasteiger charge is 2.25. The molecule has 1 N–H and O–H groups in total. The fraction of sp³-hybridized carbons (Fsp3) is 0.364. The number of urea groups is 1. The predicted molar refractivity (Wildman–Crippen MR) is 106 cm³/mol. The van der Waals surface area contributed by atoms with Crippen molar-refractivity contribution in [1.29, 1.82) is 0 Å². The minimum atomic E-state index is -0.144. The third-order valence-corrected chi connectivity index (χ3v) is 5.55. The van der Waals surface area contributed by atoms with E-state index in [0.717, 1.165) is 37.9 Å². The van der Waals surface area contributed by atoms with Crippen molar-refractivity contribution >= 4 is 17.6 Å². The minimum absolute atomic E-state index is 0.00971. The van der Waals surface area contributed by atoms with Gasteiger partial charge in [-0.05, 0) is 48.9 Å². The number of nitrogens with zero attached hydrogens (tertiary/aromatic N) is 2. The number of hydrogen-bond acceptors (Lipinski definition) is 2. The first-order valence-corrected chi connectivity index (χ1v) is 9.65. The quantitative estimate of drug-likeness (QED) is 0.882. The molecule has 2 aromatic carbocycles. The summed E-state index contributed by atoms with van der Waals surface area (Å²) in [7, 11) is 0. The normalized spacial score (nSPS) is 16.2. The fourth-order valence-electron chi connectivity index (χ4n) is 3.96. The van der Waals surface area contributed by atoms with E-state index in [1.54, 1.807) is 0 Å². The topological polar surface area (TPSA) is 52.7 Å². The standard InChI is InChI=1S/C22H25N3O2/c1-16-7-6-10-19(21(26)24-12-4-5-13-24)20(16)23-22(27)25-14-11-17-8-2-3-9-18(17)15-25/h2-3,6-10H,4-5,11-15H2,1H3,(H,23,27). The number of rotatable bonds is 2. The van der Waals surface area contributed by atoms with Gasteiger partial charge in [-0.15, -0.1) is 0 Å².